The van der Waals surface area contributed by atoms with Crippen LogP contribution < -0.4 is 10.6 Å². The predicted octanol–water partition coefficient (Wildman–Crippen LogP) is 2.56. The number of para-hydroxylation sites is 1. The van der Waals surface area contributed by atoms with Crippen molar-refractivity contribution in [3.05, 3.63) is 29.8 Å². The Morgan fingerprint density at radius 3 is 2.50 bits per heavy atom. The van der Waals surface area contributed by atoms with Crippen molar-refractivity contribution in [3.63, 3.8) is 0 Å². The molecule has 2 amide bonds. The highest BCUT2D eigenvalue weighted by Crippen LogP contribution is 2.15. The fraction of sp³-hybridized carbons (Fsp3) is 0.429. The highest BCUT2D eigenvalue weighted by Gasteiger charge is 2.13. The Labute approximate surface area is 108 Å². The molecular weight excluding hydrogens is 228 g/mol. The van der Waals surface area contributed by atoms with Crippen molar-refractivity contribution in [1.82, 2.24) is 5.32 Å². The van der Waals surface area contributed by atoms with E-state index in [0.717, 1.165) is 6.42 Å². The number of carbonyl (C=O) groups excluding carboxylic acids is 2. The molecule has 4 nitrogen and oxygen atoms in total. The standard InChI is InChI=1S/C14H20N2O2/c1-4-10(3)15-14(18)11-8-6-7-9-12(11)16-13(17)5-2/h6-10H,4-5H2,1-3H3,(H,15,18)(H,16,17)/t10-/m1/s1. The molecule has 0 aliphatic carbocycles. The second-order valence-electron chi connectivity index (χ2n) is 4.23. The number of anilines is 1. The summed E-state index contributed by atoms with van der Waals surface area (Å²) in [5.41, 5.74) is 1.06. The van der Waals surface area contributed by atoms with Gasteiger partial charge in [0.2, 0.25) is 5.91 Å². The molecule has 2 N–H and O–H groups in total. The topological polar surface area (TPSA) is 58.2 Å². The van der Waals surface area contributed by atoms with Crippen molar-refractivity contribution >= 4 is 17.5 Å². The summed E-state index contributed by atoms with van der Waals surface area (Å²) in [5, 5.41) is 5.62. The third-order valence-electron chi connectivity index (χ3n) is 2.76. The molecule has 0 spiro atoms. The molecule has 4 heteroatoms. The molecule has 1 atom stereocenters. The Bertz CT molecular complexity index is 430. The van der Waals surface area contributed by atoms with Crippen LogP contribution in [0.5, 0.6) is 0 Å². The van der Waals surface area contributed by atoms with E-state index >= 15 is 0 Å². The molecule has 0 unspecified atom stereocenters. The number of nitrogens with one attached hydrogen (secondary N) is 2. The van der Waals surface area contributed by atoms with Gasteiger partial charge in [-0.15, -0.1) is 0 Å². The van der Waals surface area contributed by atoms with Gasteiger partial charge in [0.25, 0.3) is 5.91 Å². The Kier molecular flexibility index (Phi) is 5.36. The predicted molar refractivity (Wildman–Crippen MR) is 72.6 cm³/mol. The fourth-order valence-electron chi connectivity index (χ4n) is 1.43. The molecule has 0 heterocycles. The normalized spacial score (nSPS) is 11.7. The lowest BCUT2D eigenvalue weighted by Gasteiger charge is -2.14. The van der Waals surface area contributed by atoms with Crippen molar-refractivity contribution in [2.45, 2.75) is 39.7 Å². The average Bonchev–Trinajstić information content (AvgIpc) is 2.38. The molecule has 1 aromatic carbocycles. The van der Waals surface area contributed by atoms with Crippen molar-refractivity contribution in [1.29, 1.82) is 0 Å². The maximum atomic E-state index is 12.0. The van der Waals surface area contributed by atoms with Crippen LogP contribution in [0.2, 0.25) is 0 Å². The number of hydrogen-bond acceptors (Lipinski definition) is 2. The minimum absolute atomic E-state index is 0.0983. The summed E-state index contributed by atoms with van der Waals surface area (Å²) in [7, 11) is 0. The number of amides is 2. The zero-order valence-corrected chi connectivity index (χ0v) is 11.1. The maximum absolute atomic E-state index is 12.0. The van der Waals surface area contributed by atoms with E-state index in [1.165, 1.54) is 0 Å². The third kappa shape index (κ3) is 3.87. The van der Waals surface area contributed by atoms with E-state index < -0.39 is 0 Å². The molecule has 0 saturated heterocycles. The monoisotopic (exact) mass is 248 g/mol. The van der Waals surface area contributed by atoms with Crippen LogP contribution in [0.1, 0.15) is 44.0 Å². The van der Waals surface area contributed by atoms with Crippen LogP contribution in [0.3, 0.4) is 0 Å². The van der Waals surface area contributed by atoms with E-state index in [2.05, 4.69) is 10.6 Å². The summed E-state index contributed by atoms with van der Waals surface area (Å²) < 4.78 is 0. The van der Waals surface area contributed by atoms with Gasteiger partial charge in [0.05, 0.1) is 11.3 Å². The van der Waals surface area contributed by atoms with Gasteiger partial charge in [-0.25, -0.2) is 0 Å². The van der Waals surface area contributed by atoms with Gasteiger partial charge in [-0.2, -0.15) is 0 Å². The van der Waals surface area contributed by atoms with Crippen LogP contribution in [0.15, 0.2) is 24.3 Å². The van der Waals surface area contributed by atoms with Crippen LogP contribution in [0, 0.1) is 0 Å². The lowest BCUT2D eigenvalue weighted by molar-refractivity contribution is -0.115. The van der Waals surface area contributed by atoms with E-state index in [4.69, 9.17) is 0 Å². The highest BCUT2D eigenvalue weighted by atomic mass is 16.2. The van der Waals surface area contributed by atoms with Gasteiger partial charge in [0.15, 0.2) is 0 Å². The van der Waals surface area contributed by atoms with E-state index in [0.29, 0.717) is 17.7 Å². The molecule has 0 bridgehead atoms. The van der Waals surface area contributed by atoms with Crippen molar-refractivity contribution < 1.29 is 9.59 Å². The van der Waals surface area contributed by atoms with Gasteiger partial charge in [-0.05, 0) is 25.5 Å². The van der Waals surface area contributed by atoms with E-state index in [-0.39, 0.29) is 17.9 Å². The first-order valence-corrected chi connectivity index (χ1v) is 6.28. The van der Waals surface area contributed by atoms with Crippen LogP contribution in [0.4, 0.5) is 5.69 Å². The zero-order chi connectivity index (χ0) is 13.5. The molecule has 0 saturated carbocycles. The third-order valence-corrected chi connectivity index (χ3v) is 2.76. The molecule has 1 rings (SSSR count). The molecule has 0 radical (unpaired) electrons. The Morgan fingerprint density at radius 1 is 1.22 bits per heavy atom. The fourth-order valence-corrected chi connectivity index (χ4v) is 1.43. The summed E-state index contributed by atoms with van der Waals surface area (Å²) in [6.45, 7) is 5.73. The van der Waals surface area contributed by atoms with Crippen molar-refractivity contribution in [2.75, 3.05) is 5.32 Å². The van der Waals surface area contributed by atoms with E-state index in [9.17, 15) is 9.59 Å². The van der Waals surface area contributed by atoms with Crippen molar-refractivity contribution in [3.8, 4) is 0 Å². The first-order valence-electron chi connectivity index (χ1n) is 6.28. The Balaban J connectivity index is 2.87. The number of rotatable bonds is 5. The average molecular weight is 248 g/mol. The molecule has 0 aliphatic rings. The van der Waals surface area contributed by atoms with Gasteiger partial charge in [-0.1, -0.05) is 26.0 Å². The molecular formula is C14H20N2O2. The largest absolute Gasteiger partial charge is 0.350 e. The second kappa shape index (κ2) is 6.79. The van der Waals surface area contributed by atoms with Gasteiger partial charge in [-0.3, -0.25) is 9.59 Å². The summed E-state index contributed by atoms with van der Waals surface area (Å²) in [5.74, 6) is -0.254. The molecule has 18 heavy (non-hydrogen) atoms. The first-order chi connectivity index (χ1) is 8.58. The van der Waals surface area contributed by atoms with Gasteiger partial charge in [0.1, 0.15) is 0 Å². The number of hydrogen-bond donors (Lipinski definition) is 2. The summed E-state index contributed by atoms with van der Waals surface area (Å²) in [4.78, 5) is 23.4. The Hall–Kier alpha value is -1.84. The molecule has 0 aliphatic heterocycles. The van der Waals surface area contributed by atoms with Crippen LogP contribution in [-0.4, -0.2) is 17.9 Å². The Morgan fingerprint density at radius 2 is 1.89 bits per heavy atom. The van der Waals surface area contributed by atoms with Crippen LogP contribution >= 0.6 is 0 Å². The van der Waals surface area contributed by atoms with E-state index in [1.807, 2.05) is 13.8 Å². The summed E-state index contributed by atoms with van der Waals surface area (Å²) in [6.07, 6.45) is 1.26. The van der Waals surface area contributed by atoms with Gasteiger partial charge in [0, 0.05) is 12.5 Å². The molecule has 1 aromatic rings. The highest BCUT2D eigenvalue weighted by molar-refractivity contribution is 6.03. The lowest BCUT2D eigenvalue weighted by Crippen LogP contribution is -2.32. The maximum Gasteiger partial charge on any atom is 0.253 e. The van der Waals surface area contributed by atoms with E-state index in [1.54, 1.807) is 31.2 Å². The first kappa shape index (κ1) is 14.2. The minimum atomic E-state index is -0.156. The van der Waals surface area contributed by atoms with Crippen molar-refractivity contribution in [2.24, 2.45) is 0 Å². The molecule has 0 fully saturated rings. The number of carbonyl (C=O) groups is 2. The lowest BCUT2D eigenvalue weighted by atomic mass is 10.1. The minimum Gasteiger partial charge on any atom is -0.350 e. The van der Waals surface area contributed by atoms with Gasteiger partial charge < -0.3 is 10.6 Å². The van der Waals surface area contributed by atoms with Crippen LogP contribution in [-0.2, 0) is 4.79 Å². The van der Waals surface area contributed by atoms with Gasteiger partial charge >= 0.3 is 0 Å². The zero-order valence-electron chi connectivity index (χ0n) is 11.1. The molecule has 0 aromatic heterocycles. The smallest absolute Gasteiger partial charge is 0.253 e. The van der Waals surface area contributed by atoms with Crippen LogP contribution in [0.25, 0.3) is 0 Å². The second-order valence-corrected chi connectivity index (χ2v) is 4.23. The SMILES string of the molecule is CCC(=O)Nc1ccccc1C(=O)N[C@H](C)CC. The quantitative estimate of drug-likeness (QED) is 0.841. The molecule has 98 valence electrons. The number of benzene rings is 1. The summed E-state index contributed by atoms with van der Waals surface area (Å²) in [6, 6.07) is 7.15. The summed E-state index contributed by atoms with van der Waals surface area (Å²) >= 11 is 0.